The van der Waals surface area contributed by atoms with Crippen molar-refractivity contribution >= 4 is 60.7 Å². The van der Waals surface area contributed by atoms with Crippen LogP contribution in [-0.4, -0.2) is 96.3 Å². The van der Waals surface area contributed by atoms with Gasteiger partial charge < -0.3 is 39.4 Å². The Labute approximate surface area is 336 Å². The van der Waals surface area contributed by atoms with Crippen LogP contribution >= 0.6 is 0 Å². The van der Waals surface area contributed by atoms with Gasteiger partial charge in [-0.1, -0.05) is 25.0 Å². The smallest absolute Gasteiger partial charge is 0.399 e. The van der Waals surface area contributed by atoms with Crippen molar-refractivity contribution in [3.8, 4) is 0 Å². The number of amides is 5. The molecule has 3 N–H and O–H groups in total. The molecule has 3 aliphatic rings. The van der Waals surface area contributed by atoms with Crippen LogP contribution in [0.1, 0.15) is 115 Å². The molecule has 0 unspecified atom stereocenters. The lowest BCUT2D eigenvalue weighted by Crippen LogP contribution is -2.48. The summed E-state index contributed by atoms with van der Waals surface area (Å²) in [4.78, 5) is 80.2. The van der Waals surface area contributed by atoms with E-state index in [9.17, 15) is 28.8 Å². The molecule has 2 aromatic carbocycles. The summed E-state index contributed by atoms with van der Waals surface area (Å²) in [6.07, 6.45) is 1.16. The summed E-state index contributed by atoms with van der Waals surface area (Å²) in [6, 6.07) is 6.60. The number of hydrogen-bond acceptors (Lipinski definition) is 11. The number of unbranched alkanes of at least 4 members (excludes halogenated alkanes) is 2. The molecule has 3 aliphatic heterocycles. The van der Waals surface area contributed by atoms with E-state index in [0.717, 1.165) is 12.1 Å². The first kappa shape index (κ1) is 44.4. The van der Waals surface area contributed by atoms with Gasteiger partial charge in [0, 0.05) is 41.4 Å². The summed E-state index contributed by atoms with van der Waals surface area (Å²) in [5, 5.41) is 8.02. The third kappa shape index (κ3) is 9.93. The Morgan fingerprint density at radius 1 is 0.707 bits per heavy atom. The predicted octanol–water partition coefficient (Wildman–Crippen LogP) is 2.38. The Balaban J connectivity index is 1.15. The zero-order valence-corrected chi connectivity index (χ0v) is 34.0. The van der Waals surface area contributed by atoms with Crippen LogP contribution < -0.4 is 26.9 Å². The third-order valence-electron chi connectivity index (χ3n) is 11.2. The molecule has 0 aliphatic carbocycles. The van der Waals surface area contributed by atoms with Crippen molar-refractivity contribution in [2.75, 3.05) is 13.1 Å². The van der Waals surface area contributed by atoms with Crippen LogP contribution in [0.25, 0.3) is 0 Å². The molecule has 3 saturated heterocycles. The van der Waals surface area contributed by atoms with Crippen molar-refractivity contribution in [2.24, 2.45) is 0 Å². The van der Waals surface area contributed by atoms with E-state index in [2.05, 4.69) is 16.0 Å². The summed E-state index contributed by atoms with van der Waals surface area (Å²) in [6.45, 7) is 14.2. The third-order valence-corrected chi connectivity index (χ3v) is 11.2. The molecule has 0 bridgehead atoms. The molecule has 19 heteroatoms. The number of halogens is 2. The summed E-state index contributed by atoms with van der Waals surface area (Å²) >= 11 is 0. The van der Waals surface area contributed by atoms with Gasteiger partial charge in [0.2, 0.25) is 5.91 Å². The normalized spacial score (nSPS) is 19.6. The summed E-state index contributed by atoms with van der Waals surface area (Å²) < 4.78 is 54.1. The summed E-state index contributed by atoms with van der Waals surface area (Å²) in [5.41, 5.74) is -2.48. The molecule has 3 fully saturated rings. The molecule has 5 rings (SSSR count). The number of hydrogen-bond donors (Lipinski definition) is 3. The molecule has 2 aromatic rings. The molecular formula is C39H50B2F2N4O11. The summed E-state index contributed by atoms with van der Waals surface area (Å²) in [5.74, 6) is -5.92. The number of carbonyl (C=O) groups excluding carboxylic acids is 6. The number of carbonyl (C=O) groups is 6. The van der Waals surface area contributed by atoms with Crippen molar-refractivity contribution in [2.45, 2.75) is 122 Å². The molecule has 58 heavy (non-hydrogen) atoms. The highest BCUT2D eigenvalue weighted by molar-refractivity contribution is 6.62. The van der Waals surface area contributed by atoms with Crippen molar-refractivity contribution in [1.29, 1.82) is 0 Å². The highest BCUT2D eigenvalue weighted by Crippen LogP contribution is 2.37. The lowest BCUT2D eigenvalue weighted by Gasteiger charge is -2.32. The number of benzene rings is 2. The lowest BCUT2D eigenvalue weighted by atomic mass is 9.78. The minimum Gasteiger partial charge on any atom is -0.399 e. The van der Waals surface area contributed by atoms with Crippen LogP contribution in [0.4, 0.5) is 8.78 Å². The van der Waals surface area contributed by atoms with Gasteiger partial charge >= 0.3 is 20.2 Å². The van der Waals surface area contributed by atoms with E-state index >= 15 is 8.78 Å². The fourth-order valence-electron chi connectivity index (χ4n) is 6.20. The first-order chi connectivity index (χ1) is 27.0. The minimum atomic E-state index is -1.21. The van der Waals surface area contributed by atoms with Gasteiger partial charge in [0.05, 0.1) is 22.4 Å². The number of nitrogens with zero attached hydrogens (tertiary/aromatic N) is 1. The van der Waals surface area contributed by atoms with Gasteiger partial charge in [-0.3, -0.25) is 24.0 Å². The van der Waals surface area contributed by atoms with Gasteiger partial charge in [-0.05, 0) is 92.5 Å². The van der Waals surface area contributed by atoms with Crippen molar-refractivity contribution in [1.82, 2.24) is 21.0 Å². The second-order valence-corrected chi connectivity index (χ2v) is 16.5. The fourth-order valence-corrected chi connectivity index (χ4v) is 6.20. The quantitative estimate of drug-likeness (QED) is 0.136. The maximum atomic E-state index is 15.4. The van der Waals surface area contributed by atoms with E-state index in [0.29, 0.717) is 24.3 Å². The molecule has 312 valence electrons. The Kier molecular flexibility index (Phi) is 13.2. The SMILES string of the molecule is CC1(C)OB(c2ccc(C(=O)NCCCCC[C@H](NC(=O)c3ccc(B4OC(C)(C)C(C)(C)O4)c(F)c3)C(=O)NCC(=O)ON3C(=O)CCC3=O)cc2F)OC1(C)C. The van der Waals surface area contributed by atoms with Crippen LogP contribution in [0, 0.1) is 11.6 Å². The van der Waals surface area contributed by atoms with Crippen LogP contribution in [-0.2, 0) is 42.6 Å². The zero-order chi connectivity index (χ0) is 42.8. The monoisotopic (exact) mass is 810 g/mol. The van der Waals surface area contributed by atoms with Crippen molar-refractivity contribution in [3.63, 3.8) is 0 Å². The first-order valence-corrected chi connectivity index (χ1v) is 19.3. The lowest BCUT2D eigenvalue weighted by molar-refractivity contribution is -0.196. The molecule has 5 amide bonds. The largest absolute Gasteiger partial charge is 0.497 e. The van der Waals surface area contributed by atoms with Gasteiger partial charge in [0.25, 0.3) is 23.6 Å². The molecule has 15 nitrogen and oxygen atoms in total. The molecule has 3 heterocycles. The second-order valence-electron chi connectivity index (χ2n) is 16.5. The Morgan fingerprint density at radius 2 is 1.17 bits per heavy atom. The molecule has 0 spiro atoms. The van der Waals surface area contributed by atoms with E-state index < -0.39 is 96.4 Å². The molecule has 0 saturated carbocycles. The van der Waals surface area contributed by atoms with Gasteiger partial charge in [-0.15, -0.1) is 5.06 Å². The van der Waals surface area contributed by atoms with E-state index in [1.165, 1.54) is 24.3 Å². The first-order valence-electron chi connectivity index (χ1n) is 19.3. The summed E-state index contributed by atoms with van der Waals surface area (Å²) in [7, 11) is -1.93. The van der Waals surface area contributed by atoms with Gasteiger partial charge in [-0.2, -0.15) is 0 Å². The molecule has 0 radical (unpaired) electrons. The number of imide groups is 1. The maximum Gasteiger partial charge on any atom is 0.497 e. The topological polar surface area (TPSA) is 188 Å². The number of rotatable bonds is 15. The maximum absolute atomic E-state index is 15.4. The Bertz CT molecular complexity index is 1910. The average Bonchev–Trinajstić information content (AvgIpc) is 3.66. The predicted molar refractivity (Wildman–Crippen MR) is 206 cm³/mol. The van der Waals surface area contributed by atoms with Gasteiger partial charge in [0.15, 0.2) is 0 Å². The standard InChI is InChI=1S/C39H50B2F2N4O11/c1-36(2)37(3,4)56-40(55-36)25-15-13-23(20-27(25)42)33(51)44-19-11-9-10-12-29(35(53)45-22-32(50)54-47-30(48)17-18-31(47)49)46-34(52)24-14-16-26(28(43)21-24)41-57-38(5,6)39(7,8)58-41/h13-16,20-21,29H,9-12,17-19,22H2,1-8H3,(H,44,51)(H,45,53)(H,46,52)/t29-/m0/s1. The van der Waals surface area contributed by atoms with Crippen LogP contribution in [0.2, 0.25) is 0 Å². The Hall–Kier alpha value is -4.71. The fraction of sp³-hybridized carbons (Fsp3) is 0.538. The highest BCUT2D eigenvalue weighted by atomic mass is 19.1. The van der Waals surface area contributed by atoms with E-state index in [-0.39, 0.29) is 47.9 Å². The molecular weight excluding hydrogens is 760 g/mol. The second kappa shape index (κ2) is 17.3. The van der Waals surface area contributed by atoms with Crippen LogP contribution in [0.3, 0.4) is 0 Å². The molecule has 1 atom stereocenters. The zero-order valence-electron chi connectivity index (χ0n) is 34.0. The van der Waals surface area contributed by atoms with Crippen molar-refractivity contribution < 1.29 is 61.0 Å². The minimum absolute atomic E-state index is 0.0732. The van der Waals surface area contributed by atoms with Gasteiger partial charge in [0.1, 0.15) is 24.2 Å². The van der Waals surface area contributed by atoms with Crippen LogP contribution in [0.5, 0.6) is 0 Å². The number of hydroxylamine groups is 2. The van der Waals surface area contributed by atoms with E-state index in [1.807, 2.05) is 55.4 Å². The Morgan fingerprint density at radius 3 is 1.64 bits per heavy atom. The number of nitrogens with one attached hydrogen (secondary N) is 3. The molecule has 0 aromatic heterocycles. The average molecular weight is 810 g/mol. The van der Waals surface area contributed by atoms with Gasteiger partial charge in [-0.25, -0.2) is 13.6 Å². The highest BCUT2D eigenvalue weighted by Gasteiger charge is 2.53. The van der Waals surface area contributed by atoms with E-state index in [1.54, 1.807) is 0 Å². The van der Waals surface area contributed by atoms with Crippen molar-refractivity contribution in [3.05, 3.63) is 59.2 Å². The van der Waals surface area contributed by atoms with E-state index in [4.69, 9.17) is 23.5 Å². The van der Waals surface area contributed by atoms with Crippen LogP contribution in [0.15, 0.2) is 36.4 Å².